The van der Waals surface area contributed by atoms with Crippen LogP contribution in [0.3, 0.4) is 0 Å². The number of aromatic nitrogens is 3. The zero-order valence-electron chi connectivity index (χ0n) is 19.3. The van der Waals surface area contributed by atoms with Crippen molar-refractivity contribution in [2.24, 2.45) is 0 Å². The highest BCUT2D eigenvalue weighted by molar-refractivity contribution is 6.11. The normalized spacial score (nSPS) is 12.2. The van der Waals surface area contributed by atoms with Crippen LogP contribution >= 0.6 is 0 Å². The van der Waals surface area contributed by atoms with Crippen molar-refractivity contribution in [2.45, 2.75) is 33.1 Å². The monoisotopic (exact) mass is 431 g/mol. The Morgan fingerprint density at radius 3 is 2.33 bits per heavy atom. The number of fused-ring (bicyclic) bond motifs is 4. The number of benzene rings is 3. The van der Waals surface area contributed by atoms with E-state index in [4.69, 9.17) is 14.4 Å². The van der Waals surface area contributed by atoms with E-state index in [9.17, 15) is 0 Å². The lowest BCUT2D eigenvalue weighted by atomic mass is 9.92. The van der Waals surface area contributed by atoms with E-state index in [2.05, 4.69) is 80.8 Å². The van der Waals surface area contributed by atoms with Gasteiger partial charge in [0.15, 0.2) is 11.5 Å². The van der Waals surface area contributed by atoms with Gasteiger partial charge in [-0.1, -0.05) is 63.2 Å². The predicted molar refractivity (Wildman–Crippen MR) is 135 cm³/mol. The van der Waals surface area contributed by atoms with Gasteiger partial charge in [0, 0.05) is 27.6 Å². The Morgan fingerprint density at radius 2 is 1.55 bits per heavy atom. The van der Waals surface area contributed by atoms with E-state index in [0.717, 1.165) is 55.9 Å². The number of hydrogen-bond acceptors (Lipinski definition) is 3. The van der Waals surface area contributed by atoms with Crippen LogP contribution in [0.5, 0.6) is 0 Å². The molecule has 0 N–H and O–H groups in total. The number of furan rings is 1. The molecule has 4 nitrogen and oxygen atoms in total. The quantitative estimate of drug-likeness (QED) is 0.284. The van der Waals surface area contributed by atoms with Gasteiger partial charge in [0.1, 0.15) is 11.2 Å². The first-order chi connectivity index (χ1) is 15.9. The summed E-state index contributed by atoms with van der Waals surface area (Å²) in [5, 5.41) is 2.26. The second kappa shape index (κ2) is 7.04. The Balaban J connectivity index is 1.72. The number of rotatable bonds is 2. The molecule has 0 bridgehead atoms. The Hall–Kier alpha value is -3.92. The van der Waals surface area contributed by atoms with Crippen LogP contribution in [0.2, 0.25) is 0 Å². The van der Waals surface area contributed by atoms with Crippen LogP contribution in [-0.2, 0) is 5.41 Å². The van der Waals surface area contributed by atoms with E-state index < -0.39 is 0 Å². The minimum Gasteiger partial charge on any atom is -0.455 e. The van der Waals surface area contributed by atoms with Crippen molar-refractivity contribution in [3.63, 3.8) is 0 Å². The highest BCUT2D eigenvalue weighted by Gasteiger charge is 2.23. The lowest BCUT2D eigenvalue weighted by Crippen LogP contribution is -2.13. The Morgan fingerprint density at radius 1 is 0.788 bits per heavy atom. The van der Waals surface area contributed by atoms with Crippen molar-refractivity contribution in [1.29, 1.82) is 0 Å². The van der Waals surface area contributed by atoms with E-state index in [0.29, 0.717) is 0 Å². The molecule has 0 radical (unpaired) electrons. The second-order valence-corrected chi connectivity index (χ2v) is 9.63. The average molecular weight is 432 g/mol. The summed E-state index contributed by atoms with van der Waals surface area (Å²) in [6.07, 6.45) is 0. The molecule has 6 aromatic rings. The molecule has 0 fully saturated rings. The number of para-hydroxylation sites is 2. The molecule has 0 atom stereocenters. The highest BCUT2D eigenvalue weighted by atomic mass is 16.3. The van der Waals surface area contributed by atoms with Gasteiger partial charge in [-0.2, -0.15) is 0 Å². The molecular formula is C29H25N3O. The lowest BCUT2D eigenvalue weighted by molar-refractivity contribution is 0.571. The lowest BCUT2D eigenvalue weighted by Gasteiger charge is -2.17. The molecular weight excluding hydrogens is 406 g/mol. The molecule has 0 spiro atoms. The molecule has 162 valence electrons. The summed E-state index contributed by atoms with van der Waals surface area (Å²) in [4.78, 5) is 10.0. The van der Waals surface area contributed by atoms with Crippen LogP contribution < -0.4 is 0 Å². The summed E-state index contributed by atoms with van der Waals surface area (Å²) in [7, 11) is 0. The highest BCUT2D eigenvalue weighted by Crippen LogP contribution is 2.39. The molecule has 0 unspecified atom stereocenters. The number of imidazole rings is 1. The van der Waals surface area contributed by atoms with Gasteiger partial charge in [0.2, 0.25) is 0 Å². The first-order valence-electron chi connectivity index (χ1n) is 11.3. The fourth-order valence-corrected chi connectivity index (χ4v) is 4.57. The summed E-state index contributed by atoms with van der Waals surface area (Å²) < 4.78 is 8.60. The Labute approximate surface area is 192 Å². The maximum atomic E-state index is 6.41. The first-order valence-corrected chi connectivity index (χ1v) is 11.3. The largest absolute Gasteiger partial charge is 0.455 e. The van der Waals surface area contributed by atoms with E-state index in [1.54, 1.807) is 0 Å². The van der Waals surface area contributed by atoms with Crippen LogP contribution in [0.25, 0.3) is 50.2 Å². The first kappa shape index (κ1) is 19.7. The molecule has 0 aliphatic carbocycles. The van der Waals surface area contributed by atoms with Crippen molar-refractivity contribution in [1.82, 2.24) is 14.5 Å². The molecule has 0 saturated carbocycles. The molecule has 3 heterocycles. The van der Waals surface area contributed by atoms with Gasteiger partial charge in [-0.05, 0) is 48.9 Å². The van der Waals surface area contributed by atoms with Crippen LogP contribution in [0.15, 0.2) is 83.3 Å². The van der Waals surface area contributed by atoms with E-state index in [1.807, 2.05) is 30.3 Å². The molecule has 3 aromatic carbocycles. The SMILES string of the molecule is Cc1ccc(-c2nc3nc(C(C)(C)C)ccc3n2-c2ccccc2)c2oc3ccccc3c12. The minimum atomic E-state index is -0.0548. The maximum Gasteiger partial charge on any atom is 0.178 e. The molecule has 4 heteroatoms. The average Bonchev–Trinajstić information content (AvgIpc) is 3.38. The molecule has 6 rings (SSSR count). The smallest absolute Gasteiger partial charge is 0.178 e. The van der Waals surface area contributed by atoms with Crippen molar-refractivity contribution in [2.75, 3.05) is 0 Å². The second-order valence-electron chi connectivity index (χ2n) is 9.63. The third kappa shape index (κ3) is 3.05. The van der Waals surface area contributed by atoms with Crippen molar-refractivity contribution in [3.8, 4) is 17.1 Å². The standard InChI is InChI=1S/C29H25N3O/c1-18-14-15-21(26-25(18)20-12-8-9-13-23(20)33-26)28-31-27-22(16-17-24(30-27)29(2,3)4)32(28)19-10-6-5-7-11-19/h5-17H,1-4H3. The third-order valence-corrected chi connectivity index (χ3v) is 6.28. The minimum absolute atomic E-state index is 0.0548. The molecule has 0 aliphatic heterocycles. The fraction of sp³-hybridized carbons (Fsp3) is 0.172. The van der Waals surface area contributed by atoms with Gasteiger partial charge in [0.05, 0.1) is 11.1 Å². The Kier molecular flexibility index (Phi) is 4.21. The molecule has 0 saturated heterocycles. The summed E-state index contributed by atoms with van der Waals surface area (Å²) in [6, 6.07) is 27.1. The number of hydrogen-bond donors (Lipinski definition) is 0. The van der Waals surface area contributed by atoms with Crippen molar-refractivity contribution >= 4 is 33.1 Å². The number of aryl methyl sites for hydroxylation is 1. The van der Waals surface area contributed by atoms with Gasteiger partial charge in [-0.15, -0.1) is 0 Å². The summed E-state index contributed by atoms with van der Waals surface area (Å²) in [5.74, 6) is 0.832. The molecule has 0 amide bonds. The van der Waals surface area contributed by atoms with Crippen LogP contribution in [0.1, 0.15) is 32.0 Å². The molecule has 33 heavy (non-hydrogen) atoms. The van der Waals surface area contributed by atoms with Gasteiger partial charge in [-0.3, -0.25) is 4.57 Å². The van der Waals surface area contributed by atoms with Gasteiger partial charge in [-0.25, -0.2) is 9.97 Å². The topological polar surface area (TPSA) is 43.9 Å². The summed E-state index contributed by atoms with van der Waals surface area (Å²) in [6.45, 7) is 8.65. The van der Waals surface area contributed by atoms with Crippen LogP contribution in [-0.4, -0.2) is 14.5 Å². The summed E-state index contributed by atoms with van der Waals surface area (Å²) in [5.41, 5.74) is 7.64. The zero-order chi connectivity index (χ0) is 22.7. The molecule has 3 aromatic heterocycles. The predicted octanol–water partition coefficient (Wildman–Crippen LogP) is 7.59. The van der Waals surface area contributed by atoms with Crippen LogP contribution in [0, 0.1) is 6.92 Å². The summed E-state index contributed by atoms with van der Waals surface area (Å²) >= 11 is 0. The van der Waals surface area contributed by atoms with E-state index >= 15 is 0 Å². The van der Waals surface area contributed by atoms with E-state index in [1.165, 1.54) is 5.56 Å². The van der Waals surface area contributed by atoms with Gasteiger partial charge < -0.3 is 4.42 Å². The zero-order valence-corrected chi connectivity index (χ0v) is 19.3. The van der Waals surface area contributed by atoms with Crippen molar-refractivity contribution < 1.29 is 4.42 Å². The number of nitrogens with zero attached hydrogens (tertiary/aromatic N) is 3. The van der Waals surface area contributed by atoms with Crippen molar-refractivity contribution in [3.05, 3.63) is 90.1 Å². The van der Waals surface area contributed by atoms with Gasteiger partial charge >= 0.3 is 0 Å². The number of pyridine rings is 1. The van der Waals surface area contributed by atoms with E-state index in [-0.39, 0.29) is 5.41 Å². The maximum absolute atomic E-state index is 6.41. The third-order valence-electron chi connectivity index (χ3n) is 6.28. The van der Waals surface area contributed by atoms with Gasteiger partial charge in [0.25, 0.3) is 0 Å². The van der Waals surface area contributed by atoms with Crippen LogP contribution in [0.4, 0.5) is 0 Å². The molecule has 0 aliphatic rings. The Bertz CT molecular complexity index is 1650. The fourth-order valence-electron chi connectivity index (χ4n) is 4.57.